The standard InChI is InChI=1S/C81H56N2O3/c1-49(2)56-34-40-72-65(44-56)76-69(82-48-58(52-22-10-5-11-23-52)43-57-28-16-18-30-68(57)82)47-67-75(55-26-14-7-15-27-55)74(54-24-12-6-13-25-54)66-42-50(3)80-78(77(66)79(67)81(76)85-72)63-39-37-61(46-73(63)86-80)83(59-35-32-53(33-36-59)51-20-8-4-9-21-51)60-38-41-71-64(45-60)62-29-17-19-31-70(62)84-71/h4-47,49H,48H2,1-3H3. The highest BCUT2D eigenvalue weighted by molar-refractivity contribution is 6.39. The number of benzene rings is 13. The Bertz CT molecular complexity index is 5400. The van der Waals surface area contributed by atoms with Gasteiger partial charge in [0.25, 0.3) is 0 Å². The second-order valence-corrected chi connectivity index (χ2v) is 23.3. The Kier molecular flexibility index (Phi) is 11.3. The molecule has 5 heteroatoms. The van der Waals surface area contributed by atoms with Gasteiger partial charge in [-0.3, -0.25) is 0 Å². The molecule has 13 aromatic carbocycles. The van der Waals surface area contributed by atoms with Crippen LogP contribution in [0.1, 0.15) is 42.0 Å². The van der Waals surface area contributed by atoms with Crippen molar-refractivity contribution in [1.82, 2.24) is 0 Å². The Hall–Kier alpha value is -10.9. The molecule has 0 aliphatic carbocycles. The molecule has 0 N–H and O–H groups in total. The Morgan fingerprint density at radius 3 is 1.65 bits per heavy atom. The van der Waals surface area contributed by atoms with Crippen molar-refractivity contribution in [3.05, 3.63) is 283 Å². The monoisotopic (exact) mass is 1100 g/mol. The lowest BCUT2D eigenvalue weighted by Crippen LogP contribution is -2.23. The van der Waals surface area contributed by atoms with E-state index in [4.69, 9.17) is 13.3 Å². The molecule has 0 fully saturated rings. The molecular weight excluding hydrogens is 1050 g/mol. The number of hydrogen-bond donors (Lipinski definition) is 0. The molecule has 0 saturated heterocycles. The zero-order chi connectivity index (χ0) is 57.1. The summed E-state index contributed by atoms with van der Waals surface area (Å²) in [5.74, 6) is 0.304. The highest BCUT2D eigenvalue weighted by atomic mass is 16.3. The molecule has 0 spiro atoms. The molecule has 0 saturated carbocycles. The van der Waals surface area contributed by atoms with Gasteiger partial charge in [-0.25, -0.2) is 0 Å². The lowest BCUT2D eigenvalue weighted by molar-refractivity contribution is 0.666. The first-order chi connectivity index (χ1) is 42.4. The van der Waals surface area contributed by atoms with Gasteiger partial charge in [-0.05, 0) is 170 Å². The molecule has 3 aromatic heterocycles. The summed E-state index contributed by atoms with van der Waals surface area (Å²) in [4.78, 5) is 4.88. The van der Waals surface area contributed by atoms with Crippen LogP contribution in [0, 0.1) is 6.92 Å². The molecule has 86 heavy (non-hydrogen) atoms. The third kappa shape index (κ3) is 7.85. The normalized spacial score (nSPS) is 12.7. The van der Waals surface area contributed by atoms with Crippen molar-refractivity contribution in [2.24, 2.45) is 0 Å². The van der Waals surface area contributed by atoms with Crippen LogP contribution in [0.4, 0.5) is 28.4 Å². The average molecular weight is 1110 g/mol. The molecule has 0 radical (unpaired) electrons. The van der Waals surface area contributed by atoms with E-state index >= 15 is 0 Å². The molecule has 4 heterocycles. The summed E-state index contributed by atoms with van der Waals surface area (Å²) in [5, 5.41) is 10.8. The summed E-state index contributed by atoms with van der Waals surface area (Å²) in [6.45, 7) is 7.42. The minimum Gasteiger partial charge on any atom is -0.456 e. The Morgan fingerprint density at radius 2 is 0.919 bits per heavy atom. The van der Waals surface area contributed by atoms with Gasteiger partial charge in [0.05, 0.1) is 11.1 Å². The van der Waals surface area contributed by atoms with Crippen molar-refractivity contribution >= 4 is 127 Å². The lowest BCUT2D eigenvalue weighted by atomic mass is 9.82. The predicted molar refractivity (Wildman–Crippen MR) is 361 cm³/mol. The van der Waals surface area contributed by atoms with E-state index in [2.05, 4.69) is 285 Å². The molecule has 0 atom stereocenters. The molecule has 5 nitrogen and oxygen atoms in total. The van der Waals surface area contributed by atoms with Crippen LogP contribution in [-0.4, -0.2) is 6.54 Å². The van der Waals surface area contributed by atoms with Gasteiger partial charge in [0.2, 0.25) is 0 Å². The SMILES string of the molecule is Cc1cc2c(-c3ccccc3)c(-c3ccccc3)c3cc(N4CC(c5ccccc5)=Cc5ccccc54)c4c5cc(C(C)C)ccc5oc4c3c2c2c1oc1cc(N(c3ccc(-c4ccccc4)cc3)c3ccc4oc5ccccc5c4c3)ccc12. The molecule has 0 bridgehead atoms. The van der Waals surface area contributed by atoms with Gasteiger partial charge < -0.3 is 23.1 Å². The van der Waals surface area contributed by atoms with E-state index in [1.165, 1.54) is 27.8 Å². The molecule has 0 amide bonds. The number of anilines is 5. The van der Waals surface area contributed by atoms with E-state index < -0.39 is 0 Å². The Morgan fingerprint density at radius 1 is 0.360 bits per heavy atom. The third-order valence-electron chi connectivity index (χ3n) is 17.9. The van der Waals surface area contributed by atoms with Gasteiger partial charge in [0.15, 0.2) is 0 Å². The first-order valence-electron chi connectivity index (χ1n) is 29.8. The first kappa shape index (κ1) is 49.7. The van der Waals surface area contributed by atoms with Gasteiger partial charge in [-0.2, -0.15) is 0 Å². The fraction of sp³-hybridized carbons (Fsp3) is 0.0617. The molecule has 0 unspecified atom stereocenters. The highest BCUT2D eigenvalue weighted by Crippen LogP contribution is 2.55. The van der Waals surface area contributed by atoms with Gasteiger partial charge in [-0.15, -0.1) is 0 Å². The lowest BCUT2D eigenvalue weighted by Gasteiger charge is -2.33. The predicted octanol–water partition coefficient (Wildman–Crippen LogP) is 23.3. The van der Waals surface area contributed by atoms with Gasteiger partial charge in [0, 0.05) is 73.1 Å². The molecule has 408 valence electrons. The van der Waals surface area contributed by atoms with Crippen molar-refractivity contribution in [2.75, 3.05) is 16.3 Å². The van der Waals surface area contributed by atoms with Gasteiger partial charge in [0.1, 0.15) is 33.5 Å². The van der Waals surface area contributed by atoms with E-state index in [0.29, 0.717) is 12.5 Å². The van der Waals surface area contributed by atoms with Crippen LogP contribution in [0.25, 0.3) is 132 Å². The zero-order valence-electron chi connectivity index (χ0n) is 47.8. The van der Waals surface area contributed by atoms with Crippen LogP contribution in [0.2, 0.25) is 0 Å². The maximum Gasteiger partial charge on any atom is 0.146 e. The van der Waals surface area contributed by atoms with E-state index in [-0.39, 0.29) is 0 Å². The maximum absolute atomic E-state index is 7.60. The molecule has 1 aliphatic rings. The second kappa shape index (κ2) is 19.6. The largest absolute Gasteiger partial charge is 0.456 e. The minimum atomic E-state index is 0.304. The summed E-state index contributed by atoms with van der Waals surface area (Å²) in [5.41, 5.74) is 23.1. The van der Waals surface area contributed by atoms with Crippen molar-refractivity contribution in [2.45, 2.75) is 26.7 Å². The molecule has 1 aliphatic heterocycles. The average Bonchev–Trinajstić information content (AvgIpc) is 1.43. The van der Waals surface area contributed by atoms with Crippen molar-refractivity contribution in [1.29, 1.82) is 0 Å². The zero-order valence-corrected chi connectivity index (χ0v) is 47.8. The molecule has 16 aromatic rings. The number of nitrogens with zero attached hydrogens (tertiary/aromatic N) is 2. The summed E-state index contributed by atoms with van der Waals surface area (Å²) < 4.78 is 21.4. The number of hydrogen-bond acceptors (Lipinski definition) is 5. The topological polar surface area (TPSA) is 45.9 Å². The number of fused-ring (bicyclic) bond motifs is 15. The second-order valence-electron chi connectivity index (χ2n) is 23.3. The highest BCUT2D eigenvalue weighted by Gasteiger charge is 2.31. The fourth-order valence-electron chi connectivity index (χ4n) is 13.9. The summed E-state index contributed by atoms with van der Waals surface area (Å²) >= 11 is 0. The molecular formula is C81H56N2O3. The fourth-order valence-corrected chi connectivity index (χ4v) is 13.9. The van der Waals surface area contributed by atoms with Crippen molar-refractivity contribution < 1.29 is 13.3 Å². The van der Waals surface area contributed by atoms with E-state index in [9.17, 15) is 0 Å². The van der Waals surface area contributed by atoms with Gasteiger partial charge in [-0.1, -0.05) is 190 Å². The molecule has 17 rings (SSSR count). The number of furan rings is 3. The van der Waals surface area contributed by atoms with Crippen molar-refractivity contribution in [3.63, 3.8) is 0 Å². The van der Waals surface area contributed by atoms with Crippen molar-refractivity contribution in [3.8, 4) is 33.4 Å². The van der Waals surface area contributed by atoms with Crippen LogP contribution >= 0.6 is 0 Å². The number of aryl methyl sites for hydroxylation is 1. The summed E-state index contributed by atoms with van der Waals surface area (Å²) in [6.07, 6.45) is 2.37. The summed E-state index contributed by atoms with van der Waals surface area (Å²) in [7, 11) is 0. The van der Waals surface area contributed by atoms with Crippen LogP contribution in [0.3, 0.4) is 0 Å². The minimum absolute atomic E-state index is 0.304. The maximum atomic E-state index is 7.60. The van der Waals surface area contributed by atoms with Crippen LogP contribution in [0.15, 0.2) is 274 Å². The smallest absolute Gasteiger partial charge is 0.146 e. The van der Waals surface area contributed by atoms with Crippen LogP contribution in [-0.2, 0) is 0 Å². The van der Waals surface area contributed by atoms with Crippen LogP contribution < -0.4 is 9.80 Å². The van der Waals surface area contributed by atoms with Gasteiger partial charge >= 0.3 is 0 Å². The Balaban J connectivity index is 0.984. The quantitative estimate of drug-likeness (QED) is 0.135. The van der Waals surface area contributed by atoms with E-state index in [1.807, 2.05) is 12.1 Å². The Labute approximate surface area is 497 Å². The first-order valence-corrected chi connectivity index (χ1v) is 29.8. The number of rotatable bonds is 9. The van der Waals surface area contributed by atoms with Crippen LogP contribution in [0.5, 0.6) is 0 Å². The van der Waals surface area contributed by atoms with E-state index in [0.717, 1.165) is 149 Å². The van der Waals surface area contributed by atoms with E-state index in [1.54, 1.807) is 0 Å². The third-order valence-corrected chi connectivity index (χ3v) is 17.9. The number of para-hydroxylation sites is 2. The summed E-state index contributed by atoms with van der Waals surface area (Å²) in [6, 6.07) is 94.4.